The van der Waals surface area contributed by atoms with Gasteiger partial charge in [-0.2, -0.15) is 13.9 Å². The second-order valence-corrected chi connectivity index (χ2v) is 5.95. The van der Waals surface area contributed by atoms with Crippen molar-refractivity contribution in [2.75, 3.05) is 5.73 Å². The first-order valence-electron chi connectivity index (χ1n) is 6.90. The second-order valence-electron chi connectivity index (χ2n) is 4.83. The zero-order chi connectivity index (χ0) is 19.4. The molecule has 2 rings (SSSR count). The fraction of sp³-hybridized carbons (Fsp3) is 0.133. The first kappa shape index (κ1) is 20.2. The molecule has 26 heavy (non-hydrogen) atoms. The van der Waals surface area contributed by atoms with Gasteiger partial charge in [-0.3, -0.25) is 4.79 Å². The maximum Gasteiger partial charge on any atom is 0.387 e. The summed E-state index contributed by atoms with van der Waals surface area (Å²) in [6.07, 6.45) is 0. The lowest BCUT2D eigenvalue weighted by Crippen LogP contribution is -2.21. The molecule has 0 atom stereocenters. The molecule has 3 N–H and O–H groups in total. The standard InChI is InChI=1S/C15H11Cl3F2N4O2/c1-6(7-2-4-8(5-3-7)26-15(19)20)23-24-14(25)12-9(16)11(21)10(17)13(18)22-12/h2-5,15H,1H3,(H2,21,22)(H,24,25)/b23-6+. The van der Waals surface area contributed by atoms with Crippen LogP contribution in [0.1, 0.15) is 23.0 Å². The molecule has 0 unspecified atom stereocenters. The third kappa shape index (κ3) is 4.72. The van der Waals surface area contributed by atoms with Gasteiger partial charge >= 0.3 is 6.61 Å². The lowest BCUT2D eigenvalue weighted by atomic mass is 10.1. The highest BCUT2D eigenvalue weighted by Crippen LogP contribution is 2.34. The predicted octanol–water partition coefficient (Wildman–Crippen LogP) is 4.38. The summed E-state index contributed by atoms with van der Waals surface area (Å²) >= 11 is 17.5. The molecule has 0 aliphatic rings. The third-order valence-corrected chi connectivity index (χ3v) is 4.24. The smallest absolute Gasteiger partial charge is 0.387 e. The molecule has 2 aromatic rings. The number of anilines is 1. The molecule has 138 valence electrons. The van der Waals surface area contributed by atoms with E-state index < -0.39 is 12.5 Å². The first-order valence-corrected chi connectivity index (χ1v) is 8.04. The van der Waals surface area contributed by atoms with E-state index in [0.717, 1.165) is 0 Å². The Balaban J connectivity index is 2.15. The summed E-state index contributed by atoms with van der Waals surface area (Å²) in [4.78, 5) is 15.9. The molecule has 0 fully saturated rings. The summed E-state index contributed by atoms with van der Waals surface area (Å²) in [5.74, 6) is -0.750. The Morgan fingerprint density at radius 1 is 1.23 bits per heavy atom. The lowest BCUT2D eigenvalue weighted by Gasteiger charge is -2.08. The van der Waals surface area contributed by atoms with Gasteiger partial charge < -0.3 is 10.5 Å². The van der Waals surface area contributed by atoms with Crippen molar-refractivity contribution in [2.24, 2.45) is 5.10 Å². The maximum atomic E-state index is 12.2. The summed E-state index contributed by atoms with van der Waals surface area (Å²) in [5.41, 5.74) is 8.55. The van der Waals surface area contributed by atoms with Gasteiger partial charge in [0.2, 0.25) is 0 Å². The Bertz CT molecular complexity index is 861. The topological polar surface area (TPSA) is 89.6 Å². The van der Waals surface area contributed by atoms with Gasteiger partial charge in [0.05, 0.1) is 16.4 Å². The van der Waals surface area contributed by atoms with E-state index in [4.69, 9.17) is 40.5 Å². The first-order chi connectivity index (χ1) is 12.2. The zero-order valence-corrected chi connectivity index (χ0v) is 15.3. The van der Waals surface area contributed by atoms with Crippen LogP contribution in [0.4, 0.5) is 14.5 Å². The number of aromatic nitrogens is 1. The van der Waals surface area contributed by atoms with Gasteiger partial charge in [-0.1, -0.05) is 34.8 Å². The van der Waals surface area contributed by atoms with Crippen molar-refractivity contribution >= 4 is 52.1 Å². The number of nitrogens with one attached hydrogen (secondary N) is 1. The van der Waals surface area contributed by atoms with Crippen molar-refractivity contribution < 1.29 is 18.3 Å². The number of halogens is 5. The van der Waals surface area contributed by atoms with Crippen LogP contribution in [0, 0.1) is 0 Å². The Morgan fingerprint density at radius 2 is 1.85 bits per heavy atom. The van der Waals surface area contributed by atoms with Gasteiger partial charge in [0.25, 0.3) is 5.91 Å². The van der Waals surface area contributed by atoms with E-state index in [0.29, 0.717) is 11.3 Å². The fourth-order valence-electron chi connectivity index (χ4n) is 1.81. The Labute approximate surface area is 161 Å². The molecule has 0 radical (unpaired) electrons. The Hall–Kier alpha value is -2.16. The number of carbonyl (C=O) groups is 1. The van der Waals surface area contributed by atoms with Gasteiger partial charge in [0.1, 0.15) is 10.8 Å². The minimum Gasteiger partial charge on any atom is -0.435 e. The quantitative estimate of drug-likeness (QED) is 0.424. The highest BCUT2D eigenvalue weighted by atomic mass is 35.5. The number of hydrazone groups is 1. The van der Waals surface area contributed by atoms with Crippen LogP contribution < -0.4 is 15.9 Å². The SMILES string of the molecule is C/C(=N\NC(=O)c1nc(Cl)c(Cl)c(N)c1Cl)c1ccc(OC(F)F)cc1. The molecular weight excluding hydrogens is 413 g/mol. The van der Waals surface area contributed by atoms with Crippen molar-refractivity contribution in [1.82, 2.24) is 10.4 Å². The molecule has 0 spiro atoms. The number of rotatable bonds is 5. The highest BCUT2D eigenvalue weighted by Gasteiger charge is 2.19. The molecule has 1 aromatic heterocycles. The van der Waals surface area contributed by atoms with Gasteiger partial charge in [-0.25, -0.2) is 10.4 Å². The predicted molar refractivity (Wildman–Crippen MR) is 96.4 cm³/mol. The third-order valence-electron chi connectivity index (χ3n) is 3.11. The van der Waals surface area contributed by atoms with Crippen molar-refractivity contribution in [3.8, 4) is 5.75 Å². The Kier molecular flexibility index (Phi) is 6.57. The molecule has 0 aliphatic carbocycles. The van der Waals surface area contributed by atoms with Gasteiger partial charge in [0.15, 0.2) is 10.8 Å². The van der Waals surface area contributed by atoms with E-state index in [9.17, 15) is 13.6 Å². The maximum absolute atomic E-state index is 12.2. The van der Waals surface area contributed by atoms with E-state index in [1.165, 1.54) is 24.3 Å². The van der Waals surface area contributed by atoms with Crippen LogP contribution >= 0.6 is 34.8 Å². The number of nitrogens with two attached hydrogens (primary N) is 1. The summed E-state index contributed by atoms with van der Waals surface area (Å²) < 4.78 is 28.5. The van der Waals surface area contributed by atoms with Gasteiger partial charge in [-0.15, -0.1) is 0 Å². The van der Waals surface area contributed by atoms with E-state index in [-0.39, 0.29) is 32.3 Å². The minimum absolute atomic E-state index is 0.00264. The molecule has 1 aromatic carbocycles. The molecule has 0 saturated heterocycles. The van der Waals surface area contributed by atoms with Gasteiger partial charge in [-0.05, 0) is 36.8 Å². The normalized spacial score (nSPS) is 11.6. The lowest BCUT2D eigenvalue weighted by molar-refractivity contribution is -0.0498. The number of hydrogen-bond acceptors (Lipinski definition) is 5. The number of nitrogens with zero attached hydrogens (tertiary/aromatic N) is 2. The van der Waals surface area contributed by atoms with Crippen LogP contribution in [-0.4, -0.2) is 23.2 Å². The zero-order valence-electron chi connectivity index (χ0n) is 13.1. The summed E-state index contributed by atoms with van der Waals surface area (Å²) in [7, 11) is 0. The average molecular weight is 424 g/mol. The number of alkyl halides is 2. The van der Waals surface area contributed by atoms with Gasteiger partial charge in [0, 0.05) is 0 Å². The van der Waals surface area contributed by atoms with Crippen LogP contribution in [0.15, 0.2) is 29.4 Å². The van der Waals surface area contributed by atoms with Crippen LogP contribution in [0.5, 0.6) is 5.75 Å². The van der Waals surface area contributed by atoms with Crippen LogP contribution in [0.2, 0.25) is 15.2 Å². The number of benzene rings is 1. The number of nitrogen functional groups attached to an aromatic ring is 1. The van der Waals surface area contributed by atoms with Crippen molar-refractivity contribution in [3.63, 3.8) is 0 Å². The van der Waals surface area contributed by atoms with Crippen LogP contribution in [0.3, 0.4) is 0 Å². The van der Waals surface area contributed by atoms with Crippen molar-refractivity contribution in [3.05, 3.63) is 50.7 Å². The molecule has 1 heterocycles. The molecule has 11 heteroatoms. The summed E-state index contributed by atoms with van der Waals surface area (Å²) in [5, 5.41) is 3.51. The van der Waals surface area contributed by atoms with E-state index in [1.807, 2.05) is 0 Å². The summed E-state index contributed by atoms with van der Waals surface area (Å²) in [6, 6.07) is 5.71. The van der Waals surface area contributed by atoms with Crippen LogP contribution in [0.25, 0.3) is 0 Å². The molecule has 1 amide bonds. The van der Waals surface area contributed by atoms with Crippen LogP contribution in [-0.2, 0) is 0 Å². The number of hydrogen-bond donors (Lipinski definition) is 2. The van der Waals surface area contributed by atoms with Crippen molar-refractivity contribution in [2.45, 2.75) is 13.5 Å². The van der Waals surface area contributed by atoms with E-state index in [2.05, 4.69) is 20.2 Å². The fourth-order valence-corrected chi connectivity index (χ4v) is 2.41. The highest BCUT2D eigenvalue weighted by molar-refractivity contribution is 6.46. The molecule has 0 bridgehead atoms. The molecule has 0 aliphatic heterocycles. The second kappa shape index (κ2) is 8.48. The van der Waals surface area contributed by atoms with E-state index >= 15 is 0 Å². The number of pyridine rings is 1. The molecule has 6 nitrogen and oxygen atoms in total. The molecule has 0 saturated carbocycles. The number of amides is 1. The summed E-state index contributed by atoms with van der Waals surface area (Å²) in [6.45, 7) is -1.31. The average Bonchev–Trinajstić information content (AvgIpc) is 2.60. The number of ether oxygens (including phenoxy) is 1. The molecular formula is C15H11Cl3F2N4O2. The Morgan fingerprint density at radius 3 is 2.42 bits per heavy atom. The number of carbonyl (C=O) groups excluding carboxylic acids is 1. The van der Waals surface area contributed by atoms with Crippen molar-refractivity contribution in [1.29, 1.82) is 0 Å². The monoisotopic (exact) mass is 422 g/mol. The van der Waals surface area contributed by atoms with E-state index in [1.54, 1.807) is 6.92 Å². The minimum atomic E-state index is -2.91. The largest absolute Gasteiger partial charge is 0.435 e.